The van der Waals surface area contributed by atoms with Gasteiger partial charge in [0, 0.05) is 27.2 Å². The van der Waals surface area contributed by atoms with Crippen LogP contribution in [0.1, 0.15) is 11.6 Å². The van der Waals surface area contributed by atoms with Crippen molar-refractivity contribution in [2.75, 3.05) is 0 Å². The van der Waals surface area contributed by atoms with E-state index in [-0.39, 0.29) is 0 Å². The first-order valence-electron chi connectivity index (χ1n) is 15.6. The zero-order valence-electron chi connectivity index (χ0n) is 25.5. The third-order valence-corrected chi connectivity index (χ3v) is 8.91. The van der Waals surface area contributed by atoms with Crippen molar-refractivity contribution < 1.29 is 0 Å². The van der Waals surface area contributed by atoms with Gasteiger partial charge in [-0.3, -0.25) is 4.57 Å². The SMILES string of the molecule is Cc1nc(C)nc(-n2c3ccccc3c3ccc4c5ccccc5n(-c5cc(-c6ccccc6)cc(-c6ccccc6)c5)c4c32)n1. The molecule has 0 N–H and O–H groups in total. The fourth-order valence-electron chi connectivity index (χ4n) is 7.01. The minimum Gasteiger partial charge on any atom is -0.307 e. The zero-order valence-corrected chi connectivity index (χ0v) is 25.5. The predicted molar refractivity (Wildman–Crippen MR) is 189 cm³/mol. The zero-order chi connectivity index (χ0) is 30.8. The molecule has 5 nitrogen and oxygen atoms in total. The van der Waals surface area contributed by atoms with Crippen LogP contribution in [-0.4, -0.2) is 24.1 Å². The van der Waals surface area contributed by atoms with E-state index in [0.29, 0.717) is 17.6 Å². The van der Waals surface area contributed by atoms with Gasteiger partial charge in [0.05, 0.1) is 22.1 Å². The molecule has 0 radical (unpaired) electrons. The van der Waals surface area contributed by atoms with Crippen molar-refractivity contribution in [3.63, 3.8) is 0 Å². The van der Waals surface area contributed by atoms with Crippen molar-refractivity contribution in [2.45, 2.75) is 13.8 Å². The molecule has 0 aliphatic rings. The van der Waals surface area contributed by atoms with E-state index >= 15 is 0 Å². The smallest absolute Gasteiger partial charge is 0.238 e. The van der Waals surface area contributed by atoms with Crippen LogP contribution in [0.15, 0.2) is 140 Å². The van der Waals surface area contributed by atoms with Crippen LogP contribution in [0.4, 0.5) is 0 Å². The largest absolute Gasteiger partial charge is 0.307 e. The summed E-state index contributed by atoms with van der Waals surface area (Å²) in [5.41, 5.74) is 10.2. The van der Waals surface area contributed by atoms with Crippen molar-refractivity contribution in [1.29, 1.82) is 0 Å². The van der Waals surface area contributed by atoms with E-state index in [9.17, 15) is 0 Å². The lowest BCUT2D eigenvalue weighted by molar-refractivity contribution is 0.864. The second-order valence-corrected chi connectivity index (χ2v) is 11.8. The van der Waals surface area contributed by atoms with Gasteiger partial charge in [0.2, 0.25) is 5.95 Å². The normalized spacial score (nSPS) is 11.7. The molecule has 0 saturated heterocycles. The number of aryl methyl sites for hydroxylation is 2. The number of rotatable bonds is 4. The Kier molecular flexibility index (Phi) is 5.87. The van der Waals surface area contributed by atoms with Crippen LogP contribution in [0, 0.1) is 13.8 Å². The highest BCUT2D eigenvalue weighted by atomic mass is 15.2. The number of nitrogens with zero attached hydrogens (tertiary/aromatic N) is 5. The molecule has 46 heavy (non-hydrogen) atoms. The summed E-state index contributed by atoms with van der Waals surface area (Å²) in [6.07, 6.45) is 0. The monoisotopic (exact) mass is 591 g/mol. The van der Waals surface area contributed by atoms with Crippen LogP contribution in [0.5, 0.6) is 0 Å². The first kappa shape index (κ1) is 26.3. The number of hydrogen-bond acceptors (Lipinski definition) is 3. The van der Waals surface area contributed by atoms with E-state index in [4.69, 9.17) is 9.97 Å². The summed E-state index contributed by atoms with van der Waals surface area (Å²) in [5, 5.41) is 4.70. The summed E-state index contributed by atoms with van der Waals surface area (Å²) in [6.45, 7) is 3.86. The maximum atomic E-state index is 4.88. The Morgan fingerprint density at radius 3 is 1.39 bits per heavy atom. The number of benzene rings is 6. The summed E-state index contributed by atoms with van der Waals surface area (Å²) in [7, 11) is 0. The van der Waals surface area contributed by atoms with E-state index in [1.165, 1.54) is 33.0 Å². The molecular formula is C41H29N5. The Balaban J connectivity index is 1.48. The summed E-state index contributed by atoms with van der Waals surface area (Å²) >= 11 is 0. The lowest BCUT2D eigenvalue weighted by Crippen LogP contribution is -2.07. The highest BCUT2D eigenvalue weighted by Gasteiger charge is 2.23. The molecule has 6 aromatic carbocycles. The number of aromatic nitrogens is 5. The van der Waals surface area contributed by atoms with Gasteiger partial charge >= 0.3 is 0 Å². The van der Waals surface area contributed by atoms with Crippen LogP contribution >= 0.6 is 0 Å². The molecule has 9 aromatic rings. The van der Waals surface area contributed by atoms with Gasteiger partial charge in [-0.1, -0.05) is 109 Å². The van der Waals surface area contributed by atoms with Crippen LogP contribution < -0.4 is 0 Å². The van der Waals surface area contributed by atoms with Crippen molar-refractivity contribution >= 4 is 43.6 Å². The molecule has 0 amide bonds. The maximum absolute atomic E-state index is 4.88. The van der Waals surface area contributed by atoms with E-state index in [1.807, 2.05) is 13.8 Å². The molecule has 3 heterocycles. The van der Waals surface area contributed by atoms with Gasteiger partial charge in [-0.15, -0.1) is 0 Å². The van der Waals surface area contributed by atoms with Crippen molar-refractivity contribution in [3.05, 3.63) is 151 Å². The van der Waals surface area contributed by atoms with Crippen LogP contribution in [0.25, 0.3) is 77.5 Å². The van der Waals surface area contributed by atoms with Gasteiger partial charge in [0.25, 0.3) is 0 Å². The van der Waals surface area contributed by atoms with Crippen molar-refractivity contribution in [1.82, 2.24) is 24.1 Å². The fourth-order valence-corrected chi connectivity index (χ4v) is 7.01. The van der Waals surface area contributed by atoms with Gasteiger partial charge in [-0.25, -0.2) is 4.98 Å². The quantitative estimate of drug-likeness (QED) is 0.205. The number of hydrogen-bond donors (Lipinski definition) is 0. The number of fused-ring (bicyclic) bond motifs is 7. The average Bonchev–Trinajstić information content (AvgIpc) is 3.62. The minimum absolute atomic E-state index is 0.628. The third kappa shape index (κ3) is 4.06. The van der Waals surface area contributed by atoms with Crippen molar-refractivity contribution in [3.8, 4) is 33.9 Å². The highest BCUT2D eigenvalue weighted by Crippen LogP contribution is 2.42. The summed E-state index contributed by atoms with van der Waals surface area (Å²) in [5.74, 6) is 2.02. The van der Waals surface area contributed by atoms with Gasteiger partial charge in [-0.2, -0.15) is 9.97 Å². The molecule has 5 heteroatoms. The molecule has 0 bridgehead atoms. The van der Waals surface area contributed by atoms with E-state index < -0.39 is 0 Å². The van der Waals surface area contributed by atoms with E-state index in [2.05, 4.69) is 154 Å². The van der Waals surface area contributed by atoms with Crippen LogP contribution in [0.3, 0.4) is 0 Å². The molecule has 0 unspecified atom stereocenters. The minimum atomic E-state index is 0.628. The second-order valence-electron chi connectivity index (χ2n) is 11.8. The Morgan fingerprint density at radius 1 is 0.391 bits per heavy atom. The fraction of sp³-hybridized carbons (Fsp3) is 0.0488. The van der Waals surface area contributed by atoms with Gasteiger partial charge < -0.3 is 4.57 Å². The van der Waals surface area contributed by atoms with Crippen LogP contribution in [0.2, 0.25) is 0 Å². The molecular weight excluding hydrogens is 562 g/mol. The lowest BCUT2D eigenvalue weighted by Gasteiger charge is -2.15. The second kappa shape index (κ2) is 10.2. The Labute approximate surface area is 266 Å². The number of para-hydroxylation sites is 2. The molecule has 0 fully saturated rings. The Morgan fingerprint density at radius 2 is 0.848 bits per heavy atom. The predicted octanol–water partition coefficient (Wildman–Crippen LogP) is 10.0. The first-order chi connectivity index (χ1) is 22.6. The van der Waals surface area contributed by atoms with Crippen molar-refractivity contribution in [2.24, 2.45) is 0 Å². The Bertz CT molecular complexity index is 2520. The van der Waals surface area contributed by atoms with Gasteiger partial charge in [0.1, 0.15) is 11.6 Å². The van der Waals surface area contributed by atoms with E-state index in [1.54, 1.807) is 0 Å². The molecule has 9 rings (SSSR count). The van der Waals surface area contributed by atoms with Gasteiger partial charge in [-0.05, 0) is 66.4 Å². The first-order valence-corrected chi connectivity index (χ1v) is 15.6. The summed E-state index contributed by atoms with van der Waals surface area (Å²) in [4.78, 5) is 14.3. The molecule has 3 aromatic heterocycles. The van der Waals surface area contributed by atoms with Gasteiger partial charge in [0.15, 0.2) is 0 Å². The molecule has 0 saturated carbocycles. The standard InChI is InChI=1S/C41H29N5/c1-26-42-27(2)44-41(43-26)46-38-20-12-10-18-34(38)36-22-21-35-33-17-9-11-19-37(33)45(39(35)40(36)46)32-24-30(28-13-5-3-6-14-28)23-31(25-32)29-15-7-4-8-16-29/h3-25H,1-2H3. The Hall–Kier alpha value is -6.07. The third-order valence-electron chi connectivity index (χ3n) is 8.91. The molecule has 0 aliphatic carbocycles. The highest BCUT2D eigenvalue weighted by molar-refractivity contribution is 6.23. The molecule has 0 atom stereocenters. The maximum Gasteiger partial charge on any atom is 0.238 e. The average molecular weight is 592 g/mol. The lowest BCUT2D eigenvalue weighted by atomic mass is 9.98. The van der Waals surface area contributed by atoms with E-state index in [0.717, 1.165) is 38.5 Å². The summed E-state index contributed by atoms with van der Waals surface area (Å²) in [6, 6.07) is 50.0. The topological polar surface area (TPSA) is 48.5 Å². The molecule has 218 valence electrons. The van der Waals surface area contributed by atoms with Crippen LogP contribution in [-0.2, 0) is 0 Å². The summed E-state index contributed by atoms with van der Waals surface area (Å²) < 4.78 is 4.66. The molecule has 0 spiro atoms. The molecule has 0 aliphatic heterocycles.